The number of ether oxygens (including phenoxy) is 2. The summed E-state index contributed by atoms with van der Waals surface area (Å²) in [5.41, 5.74) is 0.157. The zero-order valence-electron chi connectivity index (χ0n) is 9.93. The van der Waals surface area contributed by atoms with Gasteiger partial charge in [0.2, 0.25) is 0 Å². The average Bonchev–Trinajstić information content (AvgIpc) is 2.41. The van der Waals surface area contributed by atoms with Gasteiger partial charge in [0.1, 0.15) is 5.75 Å². The van der Waals surface area contributed by atoms with Crippen LogP contribution in [-0.2, 0) is 4.74 Å². The molecule has 0 N–H and O–H groups in total. The van der Waals surface area contributed by atoms with Gasteiger partial charge in [-0.15, -0.1) is 0 Å². The number of alkyl halides is 1. The second kappa shape index (κ2) is 6.60. The smallest absolute Gasteiger partial charge is 0.139 e. The summed E-state index contributed by atoms with van der Waals surface area (Å²) >= 11 is 13.1. The highest BCUT2D eigenvalue weighted by molar-refractivity contribution is 9.10. The molecule has 2 rings (SSSR count). The third kappa shape index (κ3) is 3.62. The molecule has 0 amide bonds. The first-order chi connectivity index (χ1) is 8.65. The van der Waals surface area contributed by atoms with Crippen LogP contribution in [-0.4, -0.2) is 25.2 Å². The summed E-state index contributed by atoms with van der Waals surface area (Å²) in [4.78, 5) is 0. The summed E-state index contributed by atoms with van der Waals surface area (Å²) in [5, 5.41) is 1.57. The molecule has 1 aromatic rings. The standard InChI is InChI=1S/C13H15Br2ClO2/c14-8-13(3-5-17-6-4-13)9-18-12-7-10(15)1-2-11(12)16/h1-2,7H,3-6,8-9H2. The molecule has 0 atom stereocenters. The molecule has 2 nitrogen and oxygen atoms in total. The second-order valence-electron chi connectivity index (χ2n) is 4.61. The van der Waals surface area contributed by atoms with Crippen LogP contribution in [0.25, 0.3) is 0 Å². The minimum absolute atomic E-state index is 0.157. The van der Waals surface area contributed by atoms with Crippen LogP contribution < -0.4 is 4.74 Å². The van der Waals surface area contributed by atoms with Crippen molar-refractivity contribution in [3.63, 3.8) is 0 Å². The number of hydrogen-bond acceptors (Lipinski definition) is 2. The van der Waals surface area contributed by atoms with Gasteiger partial charge in [0.05, 0.1) is 11.6 Å². The third-order valence-corrected chi connectivity index (χ3v) is 5.26. The molecule has 0 saturated carbocycles. The van der Waals surface area contributed by atoms with Crippen LogP contribution in [0.2, 0.25) is 5.02 Å². The van der Waals surface area contributed by atoms with Gasteiger partial charge in [0.25, 0.3) is 0 Å². The van der Waals surface area contributed by atoms with Crippen molar-refractivity contribution in [1.29, 1.82) is 0 Å². The minimum atomic E-state index is 0.157. The van der Waals surface area contributed by atoms with Crippen molar-refractivity contribution >= 4 is 43.5 Å². The largest absolute Gasteiger partial charge is 0.491 e. The molecule has 1 aliphatic heterocycles. The van der Waals surface area contributed by atoms with Gasteiger partial charge in [-0.1, -0.05) is 43.5 Å². The summed E-state index contributed by atoms with van der Waals surface area (Å²) in [5.74, 6) is 0.734. The second-order valence-corrected chi connectivity index (χ2v) is 6.49. The fraction of sp³-hybridized carbons (Fsp3) is 0.538. The maximum Gasteiger partial charge on any atom is 0.139 e. The molecular weight excluding hydrogens is 383 g/mol. The van der Waals surface area contributed by atoms with Crippen molar-refractivity contribution in [2.75, 3.05) is 25.2 Å². The molecule has 1 heterocycles. The van der Waals surface area contributed by atoms with Crippen molar-refractivity contribution in [3.05, 3.63) is 27.7 Å². The molecule has 0 unspecified atom stereocenters. The van der Waals surface area contributed by atoms with Gasteiger partial charge in [-0.2, -0.15) is 0 Å². The first-order valence-corrected chi connectivity index (χ1v) is 8.16. The average molecular weight is 399 g/mol. The lowest BCUT2D eigenvalue weighted by Gasteiger charge is -2.35. The Kier molecular flexibility index (Phi) is 5.36. The van der Waals surface area contributed by atoms with Gasteiger partial charge in [-0.25, -0.2) is 0 Å². The van der Waals surface area contributed by atoms with Gasteiger partial charge in [-0.3, -0.25) is 0 Å². The van der Waals surface area contributed by atoms with Crippen molar-refractivity contribution in [2.45, 2.75) is 12.8 Å². The number of benzene rings is 1. The zero-order chi connectivity index (χ0) is 13.0. The molecule has 0 bridgehead atoms. The fourth-order valence-electron chi connectivity index (χ4n) is 1.94. The molecule has 0 aromatic heterocycles. The van der Waals surface area contributed by atoms with Crippen LogP contribution in [0.15, 0.2) is 22.7 Å². The third-order valence-electron chi connectivity index (χ3n) is 3.26. The van der Waals surface area contributed by atoms with E-state index < -0.39 is 0 Å². The fourth-order valence-corrected chi connectivity index (χ4v) is 3.17. The first kappa shape index (κ1) is 14.6. The van der Waals surface area contributed by atoms with Crippen LogP contribution in [0.5, 0.6) is 5.75 Å². The summed E-state index contributed by atoms with van der Waals surface area (Å²) in [6.07, 6.45) is 2.04. The van der Waals surface area contributed by atoms with Gasteiger partial charge in [0.15, 0.2) is 0 Å². The van der Waals surface area contributed by atoms with Crippen LogP contribution in [0.1, 0.15) is 12.8 Å². The molecule has 0 aliphatic carbocycles. The highest BCUT2D eigenvalue weighted by atomic mass is 79.9. The molecule has 0 spiro atoms. The summed E-state index contributed by atoms with van der Waals surface area (Å²) in [7, 11) is 0. The van der Waals surface area contributed by atoms with Crippen molar-refractivity contribution in [2.24, 2.45) is 5.41 Å². The summed E-state index contributed by atoms with van der Waals surface area (Å²) in [6, 6.07) is 5.65. The lowest BCUT2D eigenvalue weighted by molar-refractivity contribution is 0.00356. The van der Waals surface area contributed by atoms with E-state index in [1.165, 1.54) is 0 Å². The molecule has 1 aromatic carbocycles. The van der Waals surface area contributed by atoms with E-state index in [-0.39, 0.29) is 5.41 Å². The minimum Gasteiger partial charge on any atom is -0.491 e. The van der Waals surface area contributed by atoms with E-state index in [0.717, 1.165) is 41.6 Å². The molecule has 0 radical (unpaired) electrons. The lowest BCUT2D eigenvalue weighted by Crippen LogP contribution is -2.36. The van der Waals surface area contributed by atoms with E-state index in [0.29, 0.717) is 11.6 Å². The Balaban J connectivity index is 2.03. The van der Waals surface area contributed by atoms with E-state index in [1.807, 2.05) is 18.2 Å². The predicted molar refractivity (Wildman–Crippen MR) is 80.9 cm³/mol. The topological polar surface area (TPSA) is 18.5 Å². The maximum absolute atomic E-state index is 6.12. The van der Waals surface area contributed by atoms with Crippen LogP contribution in [0.4, 0.5) is 0 Å². The molecule has 5 heteroatoms. The molecule has 1 aliphatic rings. The normalized spacial score (nSPS) is 18.6. The monoisotopic (exact) mass is 396 g/mol. The summed E-state index contributed by atoms with van der Waals surface area (Å²) in [6.45, 7) is 2.28. The highest BCUT2D eigenvalue weighted by Gasteiger charge is 2.32. The Morgan fingerprint density at radius 2 is 2.06 bits per heavy atom. The molecule has 1 fully saturated rings. The maximum atomic E-state index is 6.12. The molecule has 1 saturated heterocycles. The Labute approximate surface area is 129 Å². The van der Waals surface area contributed by atoms with E-state index in [9.17, 15) is 0 Å². The van der Waals surface area contributed by atoms with Gasteiger partial charge in [-0.05, 0) is 31.0 Å². The lowest BCUT2D eigenvalue weighted by atomic mass is 9.83. The van der Waals surface area contributed by atoms with E-state index in [1.54, 1.807) is 0 Å². The zero-order valence-corrected chi connectivity index (χ0v) is 13.9. The van der Waals surface area contributed by atoms with E-state index in [4.69, 9.17) is 21.1 Å². The van der Waals surface area contributed by atoms with Crippen LogP contribution >= 0.6 is 43.5 Å². The highest BCUT2D eigenvalue weighted by Crippen LogP contribution is 2.35. The Bertz CT molecular complexity index is 406. The Morgan fingerprint density at radius 1 is 1.33 bits per heavy atom. The van der Waals surface area contributed by atoms with Crippen molar-refractivity contribution < 1.29 is 9.47 Å². The van der Waals surface area contributed by atoms with Gasteiger partial charge in [0, 0.05) is 28.4 Å². The summed E-state index contributed by atoms with van der Waals surface area (Å²) < 4.78 is 12.3. The Hall–Kier alpha value is 0.230. The van der Waals surface area contributed by atoms with E-state index in [2.05, 4.69) is 31.9 Å². The predicted octanol–water partition coefficient (Wildman–Crippen LogP) is 4.67. The molecule has 100 valence electrons. The number of rotatable bonds is 4. The SMILES string of the molecule is Clc1ccc(Br)cc1OCC1(CBr)CCOCC1. The molecular formula is C13H15Br2ClO2. The van der Waals surface area contributed by atoms with Gasteiger partial charge < -0.3 is 9.47 Å². The van der Waals surface area contributed by atoms with Crippen molar-refractivity contribution in [1.82, 2.24) is 0 Å². The van der Waals surface area contributed by atoms with Gasteiger partial charge >= 0.3 is 0 Å². The quantitative estimate of drug-likeness (QED) is 0.686. The van der Waals surface area contributed by atoms with E-state index >= 15 is 0 Å². The van der Waals surface area contributed by atoms with Crippen LogP contribution in [0, 0.1) is 5.41 Å². The Morgan fingerprint density at radius 3 is 2.72 bits per heavy atom. The molecule has 18 heavy (non-hydrogen) atoms. The first-order valence-electron chi connectivity index (χ1n) is 5.87. The number of hydrogen-bond donors (Lipinski definition) is 0. The van der Waals surface area contributed by atoms with Crippen LogP contribution in [0.3, 0.4) is 0 Å². The van der Waals surface area contributed by atoms with Crippen molar-refractivity contribution in [3.8, 4) is 5.75 Å². The number of halogens is 3.